The lowest BCUT2D eigenvalue weighted by atomic mass is 10.3. The van der Waals surface area contributed by atoms with Gasteiger partial charge in [-0.25, -0.2) is 0 Å². The summed E-state index contributed by atoms with van der Waals surface area (Å²) in [5, 5.41) is 8.94. The van der Waals surface area contributed by atoms with Crippen molar-refractivity contribution in [1.29, 1.82) is 0 Å². The number of benzene rings is 1. The lowest BCUT2D eigenvalue weighted by molar-refractivity contribution is -0.134. The number of amides is 1. The van der Waals surface area contributed by atoms with Crippen LogP contribution in [0.1, 0.15) is 12.8 Å². The first kappa shape index (κ1) is 13.4. The third kappa shape index (κ3) is 3.71. The third-order valence-electron chi connectivity index (χ3n) is 2.81. The molecular formula is C13H16BrNO3. The molecule has 0 radical (unpaired) electrons. The van der Waals surface area contributed by atoms with Crippen LogP contribution in [0.3, 0.4) is 0 Å². The summed E-state index contributed by atoms with van der Waals surface area (Å²) < 4.78 is 6.37. The Labute approximate surface area is 115 Å². The molecule has 0 aliphatic heterocycles. The first-order valence-electron chi connectivity index (χ1n) is 5.99. The summed E-state index contributed by atoms with van der Waals surface area (Å²) in [6.07, 6.45) is 2.06. The van der Waals surface area contributed by atoms with E-state index < -0.39 is 0 Å². The van der Waals surface area contributed by atoms with Gasteiger partial charge < -0.3 is 14.7 Å². The number of carbonyl (C=O) groups is 1. The zero-order valence-corrected chi connectivity index (χ0v) is 11.6. The van der Waals surface area contributed by atoms with Crippen LogP contribution in [-0.2, 0) is 4.79 Å². The quantitative estimate of drug-likeness (QED) is 0.871. The van der Waals surface area contributed by atoms with Crippen LogP contribution in [0.4, 0.5) is 0 Å². The van der Waals surface area contributed by atoms with Gasteiger partial charge in [0.2, 0.25) is 0 Å². The van der Waals surface area contributed by atoms with Crippen LogP contribution in [-0.4, -0.2) is 41.7 Å². The molecule has 0 unspecified atom stereocenters. The number of halogens is 1. The van der Waals surface area contributed by atoms with Crippen LogP contribution in [0.15, 0.2) is 28.7 Å². The molecule has 18 heavy (non-hydrogen) atoms. The number of aliphatic hydroxyl groups is 1. The summed E-state index contributed by atoms with van der Waals surface area (Å²) in [4.78, 5) is 13.7. The summed E-state index contributed by atoms with van der Waals surface area (Å²) in [6, 6.07) is 7.69. The molecule has 0 aromatic heterocycles. The molecule has 5 heteroatoms. The van der Waals surface area contributed by atoms with Crippen LogP contribution >= 0.6 is 15.9 Å². The summed E-state index contributed by atoms with van der Waals surface area (Å²) in [7, 11) is 0. The fourth-order valence-corrected chi connectivity index (χ4v) is 2.17. The van der Waals surface area contributed by atoms with Crippen molar-refractivity contribution in [2.75, 3.05) is 19.8 Å². The highest BCUT2D eigenvalue weighted by molar-refractivity contribution is 9.10. The molecule has 1 saturated carbocycles. The molecular weight excluding hydrogens is 298 g/mol. The van der Waals surface area contributed by atoms with E-state index in [0.29, 0.717) is 18.3 Å². The van der Waals surface area contributed by atoms with Crippen molar-refractivity contribution in [3.8, 4) is 5.75 Å². The molecule has 0 saturated heterocycles. The number of ether oxygens (including phenoxy) is 1. The number of nitrogens with zero attached hydrogens (tertiary/aromatic N) is 1. The van der Waals surface area contributed by atoms with Gasteiger partial charge in [-0.05, 0) is 31.0 Å². The maximum absolute atomic E-state index is 12.0. The van der Waals surface area contributed by atoms with Crippen molar-refractivity contribution in [2.45, 2.75) is 18.9 Å². The second-order valence-corrected chi connectivity index (χ2v) is 5.20. The van der Waals surface area contributed by atoms with Crippen molar-refractivity contribution in [3.05, 3.63) is 28.7 Å². The van der Waals surface area contributed by atoms with Crippen LogP contribution in [0.5, 0.6) is 5.75 Å². The highest BCUT2D eigenvalue weighted by atomic mass is 79.9. The van der Waals surface area contributed by atoms with Gasteiger partial charge >= 0.3 is 0 Å². The molecule has 1 aromatic rings. The van der Waals surface area contributed by atoms with Crippen molar-refractivity contribution in [2.24, 2.45) is 0 Å². The van der Waals surface area contributed by atoms with E-state index in [0.717, 1.165) is 17.3 Å². The molecule has 0 heterocycles. The van der Waals surface area contributed by atoms with E-state index in [1.54, 1.807) is 4.90 Å². The minimum absolute atomic E-state index is 0.000868. The Hall–Kier alpha value is -1.07. The van der Waals surface area contributed by atoms with Crippen LogP contribution < -0.4 is 4.74 Å². The number of hydrogen-bond acceptors (Lipinski definition) is 3. The molecule has 1 aromatic carbocycles. The first-order valence-corrected chi connectivity index (χ1v) is 6.78. The van der Waals surface area contributed by atoms with Crippen LogP contribution in [0.2, 0.25) is 0 Å². The summed E-state index contributed by atoms with van der Waals surface area (Å²) in [5.74, 6) is 0.601. The lowest BCUT2D eigenvalue weighted by Crippen LogP contribution is -2.38. The monoisotopic (exact) mass is 313 g/mol. The van der Waals surface area contributed by atoms with Gasteiger partial charge in [-0.15, -0.1) is 0 Å². The Balaban J connectivity index is 1.86. The maximum atomic E-state index is 12.0. The molecule has 0 bridgehead atoms. The van der Waals surface area contributed by atoms with Gasteiger partial charge in [-0.3, -0.25) is 4.79 Å². The van der Waals surface area contributed by atoms with Gasteiger partial charge in [0.15, 0.2) is 6.61 Å². The molecule has 0 atom stereocenters. The molecule has 1 aliphatic carbocycles. The normalized spacial score (nSPS) is 14.3. The average Bonchev–Trinajstić information content (AvgIpc) is 3.17. The summed E-state index contributed by atoms with van der Waals surface area (Å²) in [6.45, 7) is 0.414. The minimum Gasteiger partial charge on any atom is -0.484 e. The molecule has 1 fully saturated rings. The molecule has 1 amide bonds. The van der Waals surface area contributed by atoms with Gasteiger partial charge in [0, 0.05) is 17.1 Å². The van der Waals surface area contributed by atoms with Gasteiger partial charge in [-0.2, -0.15) is 0 Å². The Morgan fingerprint density at radius 2 is 2.28 bits per heavy atom. The topological polar surface area (TPSA) is 49.8 Å². The van der Waals surface area contributed by atoms with E-state index in [2.05, 4.69) is 15.9 Å². The summed E-state index contributed by atoms with van der Waals surface area (Å²) >= 11 is 3.35. The fraction of sp³-hybridized carbons (Fsp3) is 0.462. The SMILES string of the molecule is O=C(COc1cccc(Br)c1)N(CCO)C1CC1. The van der Waals surface area contributed by atoms with Crippen molar-refractivity contribution >= 4 is 21.8 Å². The standard InChI is InChI=1S/C13H16BrNO3/c14-10-2-1-3-12(8-10)18-9-13(17)15(6-7-16)11-4-5-11/h1-3,8,11,16H,4-7,9H2. The zero-order chi connectivity index (χ0) is 13.0. The van der Waals surface area contributed by atoms with E-state index in [9.17, 15) is 4.79 Å². The van der Waals surface area contributed by atoms with E-state index in [-0.39, 0.29) is 19.1 Å². The minimum atomic E-state index is -0.0634. The van der Waals surface area contributed by atoms with Crippen LogP contribution in [0, 0.1) is 0 Å². The van der Waals surface area contributed by atoms with Gasteiger partial charge in [-0.1, -0.05) is 22.0 Å². The van der Waals surface area contributed by atoms with Crippen LogP contribution in [0.25, 0.3) is 0 Å². The Morgan fingerprint density at radius 1 is 1.50 bits per heavy atom. The Bertz CT molecular complexity index is 420. The maximum Gasteiger partial charge on any atom is 0.260 e. The number of hydrogen-bond donors (Lipinski definition) is 1. The third-order valence-corrected chi connectivity index (χ3v) is 3.30. The first-order chi connectivity index (χ1) is 8.70. The van der Waals surface area contributed by atoms with E-state index in [1.165, 1.54) is 0 Å². The van der Waals surface area contributed by atoms with E-state index >= 15 is 0 Å². The molecule has 98 valence electrons. The molecule has 1 aliphatic rings. The Morgan fingerprint density at radius 3 is 2.89 bits per heavy atom. The van der Waals surface area contributed by atoms with Gasteiger partial charge in [0.1, 0.15) is 5.75 Å². The summed E-state index contributed by atoms with van der Waals surface area (Å²) in [5.41, 5.74) is 0. The van der Waals surface area contributed by atoms with Crippen molar-refractivity contribution < 1.29 is 14.6 Å². The Kier molecular flexibility index (Phi) is 4.60. The molecule has 2 rings (SSSR count). The predicted octanol–water partition coefficient (Wildman–Crippen LogP) is 1.81. The second kappa shape index (κ2) is 6.20. The largest absolute Gasteiger partial charge is 0.484 e. The lowest BCUT2D eigenvalue weighted by Gasteiger charge is -2.21. The number of carbonyl (C=O) groups excluding carboxylic acids is 1. The molecule has 1 N–H and O–H groups in total. The number of rotatable bonds is 6. The van der Waals surface area contributed by atoms with Crippen molar-refractivity contribution in [1.82, 2.24) is 4.90 Å². The molecule has 4 nitrogen and oxygen atoms in total. The molecule has 0 spiro atoms. The van der Waals surface area contributed by atoms with Gasteiger partial charge in [0.25, 0.3) is 5.91 Å². The fourth-order valence-electron chi connectivity index (χ4n) is 1.79. The highest BCUT2D eigenvalue weighted by Crippen LogP contribution is 2.26. The van der Waals surface area contributed by atoms with E-state index in [4.69, 9.17) is 9.84 Å². The predicted molar refractivity (Wildman–Crippen MR) is 71.5 cm³/mol. The van der Waals surface area contributed by atoms with E-state index in [1.807, 2.05) is 24.3 Å². The average molecular weight is 314 g/mol. The zero-order valence-electron chi connectivity index (χ0n) is 10.0. The van der Waals surface area contributed by atoms with Crippen molar-refractivity contribution in [3.63, 3.8) is 0 Å². The second-order valence-electron chi connectivity index (χ2n) is 4.29. The highest BCUT2D eigenvalue weighted by Gasteiger charge is 2.32. The van der Waals surface area contributed by atoms with Gasteiger partial charge in [0.05, 0.1) is 6.61 Å². The smallest absolute Gasteiger partial charge is 0.260 e. The number of aliphatic hydroxyl groups excluding tert-OH is 1.